The van der Waals surface area contributed by atoms with E-state index in [-0.39, 0.29) is 5.41 Å². The number of benzene rings is 1. The topological polar surface area (TPSA) is 21.3 Å². The molecule has 1 N–H and O–H groups in total. The Kier molecular flexibility index (Phi) is 3.17. The van der Waals surface area contributed by atoms with E-state index in [1.165, 1.54) is 11.1 Å². The van der Waals surface area contributed by atoms with Gasteiger partial charge in [-0.3, -0.25) is 0 Å². The van der Waals surface area contributed by atoms with Crippen molar-refractivity contribution in [2.45, 2.75) is 39.7 Å². The zero-order valence-corrected chi connectivity index (χ0v) is 11.5. The number of ether oxygens (including phenoxy) is 1. The molecule has 1 aromatic rings. The second-order valence-electron chi connectivity index (χ2n) is 6.07. The third-order valence-electron chi connectivity index (χ3n) is 3.62. The molecule has 17 heavy (non-hydrogen) atoms. The summed E-state index contributed by atoms with van der Waals surface area (Å²) >= 11 is 0. The van der Waals surface area contributed by atoms with Crippen LogP contribution >= 0.6 is 0 Å². The van der Waals surface area contributed by atoms with Gasteiger partial charge in [0.2, 0.25) is 0 Å². The summed E-state index contributed by atoms with van der Waals surface area (Å²) < 4.78 is 5.52. The van der Waals surface area contributed by atoms with Crippen LogP contribution < -0.4 is 10.1 Å². The Hall–Kier alpha value is -1.02. The van der Waals surface area contributed by atoms with Gasteiger partial charge in [0.25, 0.3) is 0 Å². The van der Waals surface area contributed by atoms with Gasteiger partial charge in [0.1, 0.15) is 5.75 Å². The molecule has 0 spiro atoms. The minimum Gasteiger partial charge on any atom is -0.496 e. The summed E-state index contributed by atoms with van der Waals surface area (Å²) in [5.74, 6) is 1.55. The normalized spacial score (nSPS) is 24.3. The Morgan fingerprint density at radius 3 is 2.59 bits per heavy atom. The van der Waals surface area contributed by atoms with E-state index in [1.807, 2.05) is 0 Å². The van der Waals surface area contributed by atoms with Gasteiger partial charge >= 0.3 is 0 Å². The average molecular weight is 233 g/mol. The van der Waals surface area contributed by atoms with Crippen LogP contribution in [0.3, 0.4) is 0 Å². The summed E-state index contributed by atoms with van der Waals surface area (Å²) in [6.07, 6.45) is 0. The van der Waals surface area contributed by atoms with Crippen LogP contribution in [0.2, 0.25) is 0 Å². The fraction of sp³-hybridized carbons (Fsp3) is 0.600. The van der Waals surface area contributed by atoms with Crippen LogP contribution in [-0.2, 0) is 0 Å². The number of fused-ring (bicyclic) bond motifs is 1. The number of hydrogen-bond acceptors (Lipinski definition) is 2. The quantitative estimate of drug-likeness (QED) is 0.801. The van der Waals surface area contributed by atoms with E-state index >= 15 is 0 Å². The first-order valence-electron chi connectivity index (χ1n) is 6.35. The molecule has 0 bridgehead atoms. The van der Waals surface area contributed by atoms with Crippen LogP contribution in [0.4, 0.5) is 0 Å². The van der Waals surface area contributed by atoms with Gasteiger partial charge in [0.05, 0.1) is 7.11 Å². The zero-order chi connectivity index (χ0) is 12.6. The van der Waals surface area contributed by atoms with E-state index in [4.69, 9.17) is 4.74 Å². The summed E-state index contributed by atoms with van der Waals surface area (Å²) in [7, 11) is 1.76. The SMILES string of the molecule is COc1cccc2c1C(C)CNC2C(C)(C)C. The minimum atomic E-state index is 0.223. The molecule has 2 nitrogen and oxygen atoms in total. The molecule has 2 atom stereocenters. The van der Waals surface area contributed by atoms with Crippen molar-refractivity contribution in [2.24, 2.45) is 5.41 Å². The highest BCUT2D eigenvalue weighted by Crippen LogP contribution is 2.43. The molecule has 2 unspecified atom stereocenters. The number of nitrogens with one attached hydrogen (secondary N) is 1. The minimum absolute atomic E-state index is 0.223. The van der Waals surface area contributed by atoms with Gasteiger partial charge in [0, 0.05) is 18.2 Å². The van der Waals surface area contributed by atoms with Crippen LogP contribution in [0.25, 0.3) is 0 Å². The third kappa shape index (κ3) is 2.19. The summed E-state index contributed by atoms with van der Waals surface area (Å²) in [4.78, 5) is 0. The standard InChI is InChI=1S/C15H23NO/c1-10-9-16-14(15(2,3)4)11-7-6-8-12(17-5)13(10)11/h6-8,10,14,16H,9H2,1-5H3. The van der Waals surface area contributed by atoms with E-state index in [2.05, 4.69) is 51.2 Å². The van der Waals surface area contributed by atoms with Crippen molar-refractivity contribution in [3.63, 3.8) is 0 Å². The van der Waals surface area contributed by atoms with Gasteiger partial charge in [-0.1, -0.05) is 39.8 Å². The molecule has 0 aromatic heterocycles. The van der Waals surface area contributed by atoms with Gasteiger partial charge in [-0.25, -0.2) is 0 Å². The molecule has 0 aliphatic carbocycles. The molecule has 0 saturated heterocycles. The van der Waals surface area contributed by atoms with Gasteiger partial charge in [-0.05, 0) is 23.0 Å². The second-order valence-corrected chi connectivity index (χ2v) is 6.07. The Labute approximate surface area is 104 Å². The first-order valence-corrected chi connectivity index (χ1v) is 6.35. The highest BCUT2D eigenvalue weighted by molar-refractivity contribution is 5.46. The maximum absolute atomic E-state index is 5.52. The fourth-order valence-electron chi connectivity index (χ4n) is 2.80. The molecule has 0 radical (unpaired) electrons. The second kappa shape index (κ2) is 4.34. The van der Waals surface area contributed by atoms with Crippen molar-refractivity contribution in [1.82, 2.24) is 5.32 Å². The lowest BCUT2D eigenvalue weighted by Crippen LogP contribution is -2.39. The third-order valence-corrected chi connectivity index (χ3v) is 3.62. The first-order chi connectivity index (χ1) is 7.95. The molecule has 94 valence electrons. The summed E-state index contributed by atoms with van der Waals surface area (Å²) in [5.41, 5.74) is 3.01. The lowest BCUT2D eigenvalue weighted by atomic mass is 9.76. The molecular weight excluding hydrogens is 210 g/mol. The van der Waals surface area contributed by atoms with Gasteiger partial charge in [0.15, 0.2) is 0 Å². The number of methoxy groups -OCH3 is 1. The molecule has 0 amide bonds. The monoisotopic (exact) mass is 233 g/mol. The van der Waals surface area contributed by atoms with E-state index in [0.717, 1.165) is 12.3 Å². The Balaban J connectivity index is 2.54. The summed E-state index contributed by atoms with van der Waals surface area (Å²) in [6.45, 7) is 10.1. The van der Waals surface area contributed by atoms with Crippen LogP contribution in [0, 0.1) is 5.41 Å². The van der Waals surface area contributed by atoms with Gasteiger partial charge < -0.3 is 10.1 Å². The highest BCUT2D eigenvalue weighted by Gasteiger charge is 2.33. The predicted molar refractivity (Wildman–Crippen MR) is 71.6 cm³/mol. The smallest absolute Gasteiger partial charge is 0.122 e. The van der Waals surface area contributed by atoms with Crippen LogP contribution in [0.15, 0.2) is 18.2 Å². The van der Waals surface area contributed by atoms with E-state index < -0.39 is 0 Å². The Bertz CT molecular complexity index is 406. The van der Waals surface area contributed by atoms with Crippen molar-refractivity contribution in [3.8, 4) is 5.75 Å². The van der Waals surface area contributed by atoms with Gasteiger partial charge in [-0.15, -0.1) is 0 Å². The number of hydrogen-bond donors (Lipinski definition) is 1. The first kappa shape index (κ1) is 12.4. The van der Waals surface area contributed by atoms with Crippen LogP contribution in [0.5, 0.6) is 5.75 Å². The molecule has 2 heteroatoms. The molecular formula is C15H23NO. The zero-order valence-electron chi connectivity index (χ0n) is 11.5. The maximum atomic E-state index is 5.52. The lowest BCUT2D eigenvalue weighted by Gasteiger charge is -2.39. The fourth-order valence-corrected chi connectivity index (χ4v) is 2.80. The maximum Gasteiger partial charge on any atom is 0.122 e. The average Bonchev–Trinajstić information content (AvgIpc) is 2.27. The Morgan fingerprint density at radius 2 is 2.00 bits per heavy atom. The van der Waals surface area contributed by atoms with Crippen molar-refractivity contribution in [3.05, 3.63) is 29.3 Å². The van der Waals surface area contributed by atoms with E-state index in [1.54, 1.807) is 7.11 Å². The Morgan fingerprint density at radius 1 is 1.29 bits per heavy atom. The van der Waals surface area contributed by atoms with E-state index in [0.29, 0.717) is 12.0 Å². The molecule has 1 aliphatic heterocycles. The molecule has 1 aliphatic rings. The largest absolute Gasteiger partial charge is 0.496 e. The van der Waals surface area contributed by atoms with E-state index in [9.17, 15) is 0 Å². The summed E-state index contributed by atoms with van der Waals surface area (Å²) in [6, 6.07) is 6.80. The van der Waals surface area contributed by atoms with Crippen molar-refractivity contribution in [2.75, 3.05) is 13.7 Å². The molecule has 0 fully saturated rings. The lowest BCUT2D eigenvalue weighted by molar-refractivity contribution is 0.253. The van der Waals surface area contributed by atoms with Crippen molar-refractivity contribution < 1.29 is 4.74 Å². The summed E-state index contributed by atoms with van der Waals surface area (Å²) in [5, 5.41) is 3.66. The molecule has 1 heterocycles. The van der Waals surface area contributed by atoms with Crippen LogP contribution in [0.1, 0.15) is 50.8 Å². The highest BCUT2D eigenvalue weighted by atomic mass is 16.5. The molecule has 1 aromatic carbocycles. The molecule has 2 rings (SSSR count). The molecule has 0 saturated carbocycles. The van der Waals surface area contributed by atoms with Crippen LogP contribution in [-0.4, -0.2) is 13.7 Å². The van der Waals surface area contributed by atoms with Gasteiger partial charge in [-0.2, -0.15) is 0 Å². The predicted octanol–water partition coefficient (Wildman–Crippen LogP) is 3.49. The van der Waals surface area contributed by atoms with Crippen molar-refractivity contribution in [1.29, 1.82) is 0 Å². The van der Waals surface area contributed by atoms with Crippen molar-refractivity contribution >= 4 is 0 Å². The number of rotatable bonds is 1.